The van der Waals surface area contributed by atoms with Gasteiger partial charge in [-0.05, 0) is 36.8 Å². The number of benzene rings is 2. The second kappa shape index (κ2) is 7.98. The maximum absolute atomic E-state index is 12.1. The third-order valence-corrected chi connectivity index (χ3v) is 3.40. The molecule has 0 aliphatic carbocycles. The van der Waals surface area contributed by atoms with Crippen LogP contribution in [0.2, 0.25) is 0 Å². The Bertz CT molecular complexity index is 654. The van der Waals surface area contributed by atoms with E-state index in [-0.39, 0.29) is 11.8 Å². The molecule has 2 N–H and O–H groups in total. The molecule has 0 aliphatic rings. The molecule has 0 aromatic heterocycles. The number of methoxy groups -OCH3 is 1. The highest BCUT2D eigenvalue weighted by Crippen LogP contribution is 2.10. The Hall–Kier alpha value is -2.82. The van der Waals surface area contributed by atoms with Gasteiger partial charge in [0.15, 0.2) is 0 Å². The molecule has 2 aromatic carbocycles. The number of ether oxygens (including phenoxy) is 1. The van der Waals surface area contributed by atoms with Gasteiger partial charge in [0.05, 0.1) is 7.11 Å². The van der Waals surface area contributed by atoms with Gasteiger partial charge < -0.3 is 15.4 Å². The lowest BCUT2D eigenvalue weighted by atomic mass is 10.2. The fourth-order valence-corrected chi connectivity index (χ4v) is 2.02. The van der Waals surface area contributed by atoms with E-state index in [4.69, 9.17) is 4.74 Å². The van der Waals surface area contributed by atoms with Crippen molar-refractivity contribution in [1.29, 1.82) is 0 Å². The van der Waals surface area contributed by atoms with Crippen LogP contribution in [0.25, 0.3) is 0 Å². The highest BCUT2D eigenvalue weighted by molar-refractivity contribution is 5.97. The van der Waals surface area contributed by atoms with E-state index < -0.39 is 6.04 Å². The Labute approximate surface area is 135 Å². The minimum atomic E-state index is -0.610. The van der Waals surface area contributed by atoms with Crippen LogP contribution >= 0.6 is 0 Å². The van der Waals surface area contributed by atoms with Gasteiger partial charge in [0, 0.05) is 12.1 Å². The van der Waals surface area contributed by atoms with E-state index in [1.54, 1.807) is 38.3 Å². The van der Waals surface area contributed by atoms with Gasteiger partial charge >= 0.3 is 0 Å². The summed E-state index contributed by atoms with van der Waals surface area (Å²) in [5.74, 6) is 0.270. The van der Waals surface area contributed by atoms with Gasteiger partial charge in [-0.15, -0.1) is 0 Å². The van der Waals surface area contributed by atoms with Crippen molar-refractivity contribution in [2.24, 2.45) is 0 Å². The number of hydrogen-bond acceptors (Lipinski definition) is 3. The summed E-state index contributed by atoms with van der Waals surface area (Å²) in [6.45, 7) is 2.05. The Morgan fingerprint density at radius 3 is 2.30 bits per heavy atom. The van der Waals surface area contributed by atoms with Gasteiger partial charge in [0.1, 0.15) is 11.8 Å². The highest BCUT2D eigenvalue weighted by Gasteiger charge is 2.16. The summed E-state index contributed by atoms with van der Waals surface area (Å²) in [7, 11) is 1.61. The lowest BCUT2D eigenvalue weighted by Crippen LogP contribution is -2.44. The van der Waals surface area contributed by atoms with Crippen LogP contribution in [-0.2, 0) is 11.3 Å². The van der Waals surface area contributed by atoms with Crippen LogP contribution < -0.4 is 15.4 Å². The smallest absolute Gasteiger partial charge is 0.251 e. The fourth-order valence-electron chi connectivity index (χ4n) is 2.02. The summed E-state index contributed by atoms with van der Waals surface area (Å²) in [4.78, 5) is 24.1. The molecule has 5 heteroatoms. The zero-order valence-corrected chi connectivity index (χ0v) is 13.2. The highest BCUT2D eigenvalue weighted by atomic mass is 16.5. The third kappa shape index (κ3) is 4.85. The van der Waals surface area contributed by atoms with E-state index in [2.05, 4.69) is 10.6 Å². The maximum atomic E-state index is 12.1. The Balaban J connectivity index is 1.83. The second-order valence-corrected chi connectivity index (χ2v) is 5.13. The van der Waals surface area contributed by atoms with Crippen LogP contribution in [0, 0.1) is 0 Å². The van der Waals surface area contributed by atoms with E-state index in [9.17, 15) is 9.59 Å². The first kappa shape index (κ1) is 16.5. The summed E-state index contributed by atoms with van der Waals surface area (Å²) in [6.07, 6.45) is 0. The van der Waals surface area contributed by atoms with Crippen LogP contribution in [0.5, 0.6) is 5.75 Å². The van der Waals surface area contributed by atoms with Crippen LogP contribution in [0.4, 0.5) is 0 Å². The molecule has 120 valence electrons. The molecule has 2 rings (SSSR count). The summed E-state index contributed by atoms with van der Waals surface area (Å²) in [6, 6.07) is 15.6. The molecule has 0 saturated heterocycles. The largest absolute Gasteiger partial charge is 0.497 e. The maximum Gasteiger partial charge on any atom is 0.251 e. The molecule has 0 fully saturated rings. The van der Waals surface area contributed by atoms with Gasteiger partial charge in [-0.25, -0.2) is 0 Å². The monoisotopic (exact) mass is 312 g/mol. The molecule has 2 amide bonds. The average molecular weight is 312 g/mol. The van der Waals surface area contributed by atoms with Crippen molar-refractivity contribution in [3.05, 3.63) is 65.7 Å². The number of carbonyl (C=O) groups is 2. The second-order valence-electron chi connectivity index (χ2n) is 5.13. The Morgan fingerprint density at radius 1 is 1.04 bits per heavy atom. The molecule has 1 atom stereocenters. The number of hydrogen-bond donors (Lipinski definition) is 2. The van der Waals surface area contributed by atoms with E-state index in [0.29, 0.717) is 12.1 Å². The van der Waals surface area contributed by atoms with Crippen LogP contribution in [-0.4, -0.2) is 25.0 Å². The Kier molecular flexibility index (Phi) is 5.74. The van der Waals surface area contributed by atoms with Crippen molar-refractivity contribution >= 4 is 11.8 Å². The third-order valence-electron chi connectivity index (χ3n) is 3.40. The molecule has 5 nitrogen and oxygen atoms in total. The summed E-state index contributed by atoms with van der Waals surface area (Å²) in [5.41, 5.74) is 1.49. The van der Waals surface area contributed by atoms with E-state index >= 15 is 0 Å². The molecule has 0 radical (unpaired) electrons. The molecule has 0 heterocycles. The molecule has 0 saturated carbocycles. The van der Waals surface area contributed by atoms with Crippen molar-refractivity contribution in [3.8, 4) is 5.75 Å². The van der Waals surface area contributed by atoms with Gasteiger partial charge in [0.25, 0.3) is 5.91 Å². The molecule has 0 aliphatic heterocycles. The minimum Gasteiger partial charge on any atom is -0.497 e. The average Bonchev–Trinajstić information content (AvgIpc) is 2.60. The van der Waals surface area contributed by atoms with Crippen LogP contribution in [0.15, 0.2) is 54.6 Å². The summed E-state index contributed by atoms with van der Waals surface area (Å²) in [5, 5.41) is 5.48. The van der Waals surface area contributed by atoms with Crippen molar-refractivity contribution < 1.29 is 14.3 Å². The van der Waals surface area contributed by atoms with E-state index in [1.807, 2.05) is 30.3 Å². The van der Waals surface area contributed by atoms with Gasteiger partial charge in [-0.1, -0.05) is 30.3 Å². The molecule has 0 bridgehead atoms. The summed E-state index contributed by atoms with van der Waals surface area (Å²) < 4.78 is 5.08. The molecule has 23 heavy (non-hydrogen) atoms. The lowest BCUT2D eigenvalue weighted by molar-refractivity contribution is -0.122. The van der Waals surface area contributed by atoms with Crippen molar-refractivity contribution in [3.63, 3.8) is 0 Å². The lowest BCUT2D eigenvalue weighted by Gasteiger charge is -2.14. The van der Waals surface area contributed by atoms with E-state index in [1.165, 1.54) is 0 Å². The zero-order valence-electron chi connectivity index (χ0n) is 13.2. The normalized spacial score (nSPS) is 11.4. The first-order valence-electron chi connectivity index (χ1n) is 7.36. The van der Waals surface area contributed by atoms with Crippen molar-refractivity contribution in [2.75, 3.05) is 7.11 Å². The minimum absolute atomic E-state index is 0.231. The molecule has 0 unspecified atom stereocenters. The summed E-state index contributed by atoms with van der Waals surface area (Å²) >= 11 is 0. The number of nitrogens with one attached hydrogen (secondary N) is 2. The predicted molar refractivity (Wildman–Crippen MR) is 88.2 cm³/mol. The van der Waals surface area contributed by atoms with Gasteiger partial charge in [0.2, 0.25) is 5.91 Å². The fraction of sp³-hybridized carbons (Fsp3) is 0.222. The molecule has 0 spiro atoms. The SMILES string of the molecule is COc1ccc(CNC(=O)[C@@H](C)NC(=O)c2ccccc2)cc1. The number of amides is 2. The topological polar surface area (TPSA) is 67.4 Å². The van der Waals surface area contributed by atoms with Crippen LogP contribution in [0.3, 0.4) is 0 Å². The first-order valence-corrected chi connectivity index (χ1v) is 7.36. The van der Waals surface area contributed by atoms with Crippen LogP contribution in [0.1, 0.15) is 22.8 Å². The first-order chi connectivity index (χ1) is 11.1. The predicted octanol–water partition coefficient (Wildman–Crippen LogP) is 2.13. The molecular formula is C18H20N2O3. The molecule has 2 aromatic rings. The number of carbonyl (C=O) groups excluding carboxylic acids is 2. The quantitative estimate of drug-likeness (QED) is 0.858. The van der Waals surface area contributed by atoms with Gasteiger partial charge in [-0.2, -0.15) is 0 Å². The standard InChI is InChI=1S/C18H20N2O3/c1-13(20-18(22)15-6-4-3-5-7-15)17(21)19-12-14-8-10-16(23-2)11-9-14/h3-11,13H,12H2,1-2H3,(H,19,21)(H,20,22)/t13-/m1/s1. The van der Waals surface area contributed by atoms with E-state index in [0.717, 1.165) is 11.3 Å². The number of rotatable bonds is 6. The van der Waals surface area contributed by atoms with Gasteiger partial charge in [-0.3, -0.25) is 9.59 Å². The van der Waals surface area contributed by atoms with Crippen molar-refractivity contribution in [2.45, 2.75) is 19.5 Å². The van der Waals surface area contributed by atoms with Crippen molar-refractivity contribution in [1.82, 2.24) is 10.6 Å². The Morgan fingerprint density at radius 2 is 1.70 bits per heavy atom. The molecular weight excluding hydrogens is 292 g/mol. The zero-order chi connectivity index (χ0) is 16.7.